The molecule has 0 spiro atoms. The van der Waals surface area contributed by atoms with Crippen molar-refractivity contribution in [2.45, 2.75) is 20.3 Å². The van der Waals surface area contributed by atoms with Crippen LogP contribution >= 0.6 is 0 Å². The van der Waals surface area contributed by atoms with Gasteiger partial charge in [0.05, 0.1) is 18.4 Å². The molecule has 2 aromatic heterocycles. The van der Waals surface area contributed by atoms with E-state index in [1.165, 1.54) is 6.20 Å². The fourth-order valence-electron chi connectivity index (χ4n) is 1.65. The summed E-state index contributed by atoms with van der Waals surface area (Å²) in [6.45, 7) is 3.37. The third kappa shape index (κ3) is 2.40. The number of aromatic nitrogens is 3. The summed E-state index contributed by atoms with van der Waals surface area (Å²) in [5, 5.41) is 3.97. The van der Waals surface area contributed by atoms with Crippen LogP contribution in [-0.2, 0) is 11.8 Å². The molecule has 0 radical (unpaired) electrons. The maximum Gasteiger partial charge on any atom is 0.376 e. The number of esters is 1. The van der Waals surface area contributed by atoms with Gasteiger partial charge in [-0.2, -0.15) is 5.10 Å². The summed E-state index contributed by atoms with van der Waals surface area (Å²) in [6, 6.07) is 0. The van der Waals surface area contributed by atoms with Crippen molar-refractivity contribution in [1.82, 2.24) is 14.8 Å². The molecule has 0 amide bonds. The SMILES string of the molecule is CCOC(=O)c1oc(-c2cnn(C)c2C)nc1C(F)F. The molecule has 0 aliphatic heterocycles. The second-order valence-corrected chi connectivity index (χ2v) is 4.02. The second-order valence-electron chi connectivity index (χ2n) is 4.02. The van der Waals surface area contributed by atoms with Gasteiger partial charge < -0.3 is 9.15 Å². The molecule has 0 aromatic carbocycles. The van der Waals surface area contributed by atoms with Gasteiger partial charge in [0.1, 0.15) is 0 Å². The number of hydrogen-bond donors (Lipinski definition) is 0. The monoisotopic (exact) mass is 285 g/mol. The molecule has 2 rings (SSSR count). The summed E-state index contributed by atoms with van der Waals surface area (Å²) in [5.74, 6) is -1.60. The summed E-state index contributed by atoms with van der Waals surface area (Å²) in [7, 11) is 1.70. The van der Waals surface area contributed by atoms with Crippen molar-refractivity contribution in [3.63, 3.8) is 0 Å². The second kappa shape index (κ2) is 5.40. The smallest absolute Gasteiger partial charge is 0.376 e. The fraction of sp³-hybridized carbons (Fsp3) is 0.417. The highest BCUT2D eigenvalue weighted by Crippen LogP contribution is 2.30. The van der Waals surface area contributed by atoms with Gasteiger partial charge in [-0.1, -0.05) is 0 Å². The van der Waals surface area contributed by atoms with E-state index in [1.807, 2.05) is 0 Å². The van der Waals surface area contributed by atoms with Gasteiger partial charge in [-0.3, -0.25) is 4.68 Å². The van der Waals surface area contributed by atoms with Crippen LogP contribution in [0.4, 0.5) is 8.78 Å². The highest BCUT2D eigenvalue weighted by Gasteiger charge is 2.28. The van der Waals surface area contributed by atoms with E-state index in [4.69, 9.17) is 4.42 Å². The molecule has 0 saturated heterocycles. The Morgan fingerprint density at radius 2 is 2.25 bits per heavy atom. The minimum Gasteiger partial charge on any atom is -0.460 e. The first-order chi connectivity index (χ1) is 9.45. The van der Waals surface area contributed by atoms with Crippen LogP contribution in [0.3, 0.4) is 0 Å². The molecular weight excluding hydrogens is 272 g/mol. The molecule has 20 heavy (non-hydrogen) atoms. The van der Waals surface area contributed by atoms with Crippen LogP contribution in [0.2, 0.25) is 0 Å². The predicted molar refractivity (Wildman–Crippen MR) is 64.4 cm³/mol. The molecule has 8 heteroatoms. The fourth-order valence-corrected chi connectivity index (χ4v) is 1.65. The van der Waals surface area contributed by atoms with Crippen LogP contribution in [0.15, 0.2) is 10.6 Å². The van der Waals surface area contributed by atoms with Gasteiger partial charge in [0.25, 0.3) is 6.43 Å². The molecule has 0 N–H and O–H groups in total. The van der Waals surface area contributed by atoms with Gasteiger partial charge in [0.2, 0.25) is 11.7 Å². The first-order valence-corrected chi connectivity index (χ1v) is 5.90. The predicted octanol–water partition coefficient (Wildman–Crippen LogP) is 2.50. The number of rotatable bonds is 4. The molecule has 0 atom stereocenters. The maximum atomic E-state index is 12.9. The van der Waals surface area contributed by atoms with Crippen LogP contribution in [0.1, 0.15) is 35.3 Å². The molecule has 0 bridgehead atoms. The van der Waals surface area contributed by atoms with Gasteiger partial charge in [-0.25, -0.2) is 18.6 Å². The van der Waals surface area contributed by atoms with Gasteiger partial charge in [0, 0.05) is 12.7 Å². The average molecular weight is 285 g/mol. The number of ether oxygens (including phenoxy) is 1. The average Bonchev–Trinajstić information content (AvgIpc) is 2.95. The molecule has 0 aliphatic carbocycles. The van der Waals surface area contributed by atoms with Gasteiger partial charge in [-0.15, -0.1) is 0 Å². The Balaban J connectivity index is 2.49. The zero-order chi connectivity index (χ0) is 14.9. The topological polar surface area (TPSA) is 70.2 Å². The largest absolute Gasteiger partial charge is 0.460 e. The number of hydrogen-bond acceptors (Lipinski definition) is 5. The minimum absolute atomic E-state index is 0.0590. The number of nitrogens with zero attached hydrogens (tertiary/aromatic N) is 3. The van der Waals surface area contributed by atoms with Crippen molar-refractivity contribution in [2.24, 2.45) is 7.05 Å². The Morgan fingerprint density at radius 1 is 1.55 bits per heavy atom. The number of carbonyl (C=O) groups excluding carboxylic acids is 1. The zero-order valence-electron chi connectivity index (χ0n) is 11.2. The Labute approximate surface area is 113 Å². The normalized spacial score (nSPS) is 11.1. The lowest BCUT2D eigenvalue weighted by Gasteiger charge is -1.99. The summed E-state index contributed by atoms with van der Waals surface area (Å²) < 4.78 is 37.2. The summed E-state index contributed by atoms with van der Waals surface area (Å²) in [5.41, 5.74) is 0.411. The van der Waals surface area contributed by atoms with Crippen LogP contribution < -0.4 is 0 Å². The van der Waals surface area contributed by atoms with E-state index in [1.54, 1.807) is 25.6 Å². The van der Waals surface area contributed by atoms with E-state index in [-0.39, 0.29) is 12.5 Å². The molecule has 108 valence electrons. The Kier molecular flexibility index (Phi) is 3.82. The lowest BCUT2D eigenvalue weighted by molar-refractivity contribution is 0.0476. The van der Waals surface area contributed by atoms with Crippen molar-refractivity contribution >= 4 is 5.97 Å². The number of carbonyl (C=O) groups is 1. The quantitative estimate of drug-likeness (QED) is 0.807. The first kappa shape index (κ1) is 14.2. The van der Waals surface area contributed by atoms with E-state index in [2.05, 4.69) is 14.8 Å². The summed E-state index contributed by atoms with van der Waals surface area (Å²) in [4.78, 5) is 15.3. The lowest BCUT2D eigenvalue weighted by atomic mass is 10.2. The number of aryl methyl sites for hydroxylation is 1. The summed E-state index contributed by atoms with van der Waals surface area (Å²) >= 11 is 0. The molecule has 0 fully saturated rings. The van der Waals surface area contributed by atoms with Gasteiger partial charge in [-0.05, 0) is 13.8 Å². The van der Waals surface area contributed by atoms with Crippen LogP contribution in [0.25, 0.3) is 11.5 Å². The van der Waals surface area contributed by atoms with Crippen LogP contribution in [-0.4, -0.2) is 27.3 Å². The molecule has 2 heterocycles. The van der Waals surface area contributed by atoms with Crippen molar-refractivity contribution in [3.05, 3.63) is 23.3 Å². The molecular formula is C12H13F2N3O3. The Bertz CT molecular complexity index is 634. The Morgan fingerprint density at radius 3 is 2.75 bits per heavy atom. The standard InChI is InChI=1S/C12H13F2N3O3/c1-4-19-12(18)9-8(10(13)14)16-11(20-9)7-5-15-17(3)6(7)2/h5,10H,4H2,1-3H3. The summed E-state index contributed by atoms with van der Waals surface area (Å²) in [6.07, 6.45) is -1.49. The first-order valence-electron chi connectivity index (χ1n) is 5.90. The third-order valence-corrected chi connectivity index (χ3v) is 2.79. The van der Waals surface area contributed by atoms with Gasteiger partial charge in [0.15, 0.2) is 5.69 Å². The molecule has 6 nitrogen and oxygen atoms in total. The van der Waals surface area contributed by atoms with E-state index in [9.17, 15) is 13.6 Å². The van der Waals surface area contributed by atoms with E-state index < -0.39 is 23.8 Å². The molecule has 0 unspecified atom stereocenters. The number of alkyl halides is 2. The van der Waals surface area contributed by atoms with Crippen molar-refractivity contribution in [2.75, 3.05) is 6.61 Å². The number of halogens is 2. The van der Waals surface area contributed by atoms with Crippen molar-refractivity contribution in [1.29, 1.82) is 0 Å². The van der Waals surface area contributed by atoms with Crippen LogP contribution in [0, 0.1) is 6.92 Å². The Hall–Kier alpha value is -2.25. The zero-order valence-corrected chi connectivity index (χ0v) is 11.2. The maximum absolute atomic E-state index is 12.9. The molecule has 2 aromatic rings. The van der Waals surface area contributed by atoms with Crippen molar-refractivity contribution < 1.29 is 22.7 Å². The highest BCUT2D eigenvalue weighted by atomic mass is 19.3. The highest BCUT2D eigenvalue weighted by molar-refractivity contribution is 5.88. The number of oxazole rings is 1. The van der Waals surface area contributed by atoms with Gasteiger partial charge >= 0.3 is 5.97 Å². The molecule has 0 saturated carbocycles. The minimum atomic E-state index is -2.93. The lowest BCUT2D eigenvalue weighted by Crippen LogP contribution is -2.06. The third-order valence-electron chi connectivity index (χ3n) is 2.79. The van der Waals surface area contributed by atoms with E-state index >= 15 is 0 Å². The van der Waals surface area contributed by atoms with E-state index in [0.29, 0.717) is 11.3 Å². The van der Waals surface area contributed by atoms with Crippen LogP contribution in [0.5, 0.6) is 0 Å². The van der Waals surface area contributed by atoms with Crippen molar-refractivity contribution in [3.8, 4) is 11.5 Å². The van der Waals surface area contributed by atoms with E-state index in [0.717, 1.165) is 0 Å². The molecule has 0 aliphatic rings.